The molecule has 0 aromatic carbocycles. The Balaban J connectivity index is 1.27. The summed E-state index contributed by atoms with van der Waals surface area (Å²) in [6.45, 7) is 6.65. The van der Waals surface area contributed by atoms with Crippen LogP contribution in [0.4, 0.5) is 0 Å². The molecule has 0 atom stereocenters. The first-order chi connectivity index (χ1) is 12.7. The van der Waals surface area contributed by atoms with Gasteiger partial charge in [-0.3, -0.25) is 9.69 Å². The third-order valence-electron chi connectivity index (χ3n) is 5.60. The van der Waals surface area contributed by atoms with E-state index in [1.807, 2.05) is 17.5 Å². The molecule has 26 heavy (non-hydrogen) atoms. The SMILES string of the molecule is CC1CCN(C(=O)C2CCN(Cc3nc(-c4cccs4)no3)CC2)CC1. The molecule has 0 spiro atoms. The van der Waals surface area contributed by atoms with Crippen LogP contribution in [0.2, 0.25) is 0 Å². The molecule has 2 aliphatic rings. The molecule has 2 saturated heterocycles. The second kappa shape index (κ2) is 7.88. The summed E-state index contributed by atoms with van der Waals surface area (Å²) in [5, 5.41) is 6.08. The Morgan fingerprint density at radius 3 is 2.69 bits per heavy atom. The van der Waals surface area contributed by atoms with Crippen molar-refractivity contribution in [3.05, 3.63) is 23.4 Å². The van der Waals surface area contributed by atoms with Gasteiger partial charge in [0.25, 0.3) is 0 Å². The highest BCUT2D eigenvalue weighted by Gasteiger charge is 2.30. The molecule has 7 heteroatoms. The van der Waals surface area contributed by atoms with E-state index >= 15 is 0 Å². The maximum absolute atomic E-state index is 12.7. The number of carbonyl (C=O) groups is 1. The molecule has 2 aliphatic heterocycles. The van der Waals surface area contributed by atoms with Crippen LogP contribution in [-0.2, 0) is 11.3 Å². The molecule has 0 saturated carbocycles. The van der Waals surface area contributed by atoms with E-state index in [2.05, 4.69) is 26.9 Å². The lowest BCUT2D eigenvalue weighted by Crippen LogP contribution is -2.45. The number of amides is 1. The lowest BCUT2D eigenvalue weighted by Gasteiger charge is -2.36. The predicted octanol–water partition coefficient (Wildman–Crippen LogP) is 3.27. The summed E-state index contributed by atoms with van der Waals surface area (Å²) in [5.74, 6) is 2.63. The van der Waals surface area contributed by atoms with E-state index in [-0.39, 0.29) is 5.92 Å². The van der Waals surface area contributed by atoms with Gasteiger partial charge in [-0.1, -0.05) is 18.1 Å². The molecule has 2 aromatic heterocycles. The number of hydrogen-bond acceptors (Lipinski definition) is 6. The second-order valence-electron chi connectivity index (χ2n) is 7.55. The van der Waals surface area contributed by atoms with Crippen LogP contribution in [0, 0.1) is 11.8 Å². The van der Waals surface area contributed by atoms with E-state index in [1.165, 1.54) is 0 Å². The lowest BCUT2D eigenvalue weighted by molar-refractivity contribution is -0.138. The third kappa shape index (κ3) is 3.99. The monoisotopic (exact) mass is 374 g/mol. The molecule has 4 rings (SSSR count). The highest BCUT2D eigenvalue weighted by atomic mass is 32.1. The lowest BCUT2D eigenvalue weighted by atomic mass is 9.93. The zero-order valence-corrected chi connectivity index (χ0v) is 16.1. The van der Waals surface area contributed by atoms with Gasteiger partial charge in [-0.15, -0.1) is 11.3 Å². The van der Waals surface area contributed by atoms with Crippen LogP contribution in [0.25, 0.3) is 10.7 Å². The minimum absolute atomic E-state index is 0.184. The summed E-state index contributed by atoms with van der Waals surface area (Å²) >= 11 is 1.61. The van der Waals surface area contributed by atoms with Crippen molar-refractivity contribution in [2.24, 2.45) is 11.8 Å². The number of hydrogen-bond donors (Lipinski definition) is 0. The average Bonchev–Trinajstić information content (AvgIpc) is 3.34. The Morgan fingerprint density at radius 1 is 1.23 bits per heavy atom. The van der Waals surface area contributed by atoms with Crippen LogP contribution in [-0.4, -0.2) is 52.0 Å². The fourth-order valence-corrected chi connectivity index (χ4v) is 4.49. The van der Waals surface area contributed by atoms with Gasteiger partial charge in [0.15, 0.2) is 0 Å². The van der Waals surface area contributed by atoms with Crippen LogP contribution < -0.4 is 0 Å². The van der Waals surface area contributed by atoms with Crippen molar-refractivity contribution in [2.75, 3.05) is 26.2 Å². The normalized spacial score (nSPS) is 20.6. The van der Waals surface area contributed by atoms with Gasteiger partial charge in [0.2, 0.25) is 17.6 Å². The minimum Gasteiger partial charge on any atom is -0.342 e. The fourth-order valence-electron chi connectivity index (χ4n) is 3.84. The van der Waals surface area contributed by atoms with Gasteiger partial charge in [0, 0.05) is 19.0 Å². The molecule has 4 heterocycles. The quantitative estimate of drug-likeness (QED) is 0.822. The van der Waals surface area contributed by atoms with Gasteiger partial charge in [-0.25, -0.2) is 0 Å². The summed E-state index contributed by atoms with van der Waals surface area (Å²) in [7, 11) is 0. The number of carbonyl (C=O) groups excluding carboxylic acids is 1. The van der Waals surface area contributed by atoms with Gasteiger partial charge >= 0.3 is 0 Å². The van der Waals surface area contributed by atoms with E-state index in [0.717, 1.165) is 62.7 Å². The highest BCUT2D eigenvalue weighted by Crippen LogP contribution is 2.25. The van der Waals surface area contributed by atoms with Gasteiger partial charge < -0.3 is 9.42 Å². The largest absolute Gasteiger partial charge is 0.342 e. The summed E-state index contributed by atoms with van der Waals surface area (Å²) in [4.78, 5) is 22.7. The molecular formula is C19H26N4O2S. The van der Waals surface area contributed by atoms with E-state index < -0.39 is 0 Å². The summed E-state index contributed by atoms with van der Waals surface area (Å²) in [6.07, 6.45) is 4.15. The molecule has 1 amide bonds. The van der Waals surface area contributed by atoms with Crippen molar-refractivity contribution in [3.8, 4) is 10.7 Å². The van der Waals surface area contributed by atoms with Gasteiger partial charge in [-0.05, 0) is 56.1 Å². The number of piperidine rings is 2. The Morgan fingerprint density at radius 2 is 2.00 bits per heavy atom. The molecule has 0 unspecified atom stereocenters. The number of aromatic nitrogens is 2. The van der Waals surface area contributed by atoms with Crippen molar-refractivity contribution in [3.63, 3.8) is 0 Å². The van der Waals surface area contributed by atoms with Gasteiger partial charge in [0.05, 0.1) is 11.4 Å². The first-order valence-corrected chi connectivity index (χ1v) is 10.4. The van der Waals surface area contributed by atoms with Crippen LogP contribution in [0.1, 0.15) is 38.5 Å². The first-order valence-electron chi connectivity index (χ1n) is 9.56. The highest BCUT2D eigenvalue weighted by molar-refractivity contribution is 7.13. The first kappa shape index (κ1) is 17.7. The Bertz CT molecular complexity index is 714. The number of rotatable bonds is 4. The smallest absolute Gasteiger partial charge is 0.241 e. The van der Waals surface area contributed by atoms with Crippen molar-refractivity contribution in [1.29, 1.82) is 0 Å². The zero-order valence-electron chi connectivity index (χ0n) is 15.3. The second-order valence-corrected chi connectivity index (χ2v) is 8.49. The molecule has 2 fully saturated rings. The van der Waals surface area contributed by atoms with Gasteiger partial charge in [0.1, 0.15) is 0 Å². The maximum atomic E-state index is 12.7. The van der Waals surface area contributed by atoms with Crippen LogP contribution >= 0.6 is 11.3 Å². The van der Waals surface area contributed by atoms with Crippen LogP contribution in [0.15, 0.2) is 22.0 Å². The van der Waals surface area contributed by atoms with Crippen molar-refractivity contribution >= 4 is 17.2 Å². The van der Waals surface area contributed by atoms with Gasteiger partial charge in [-0.2, -0.15) is 4.98 Å². The molecule has 6 nitrogen and oxygen atoms in total. The molecule has 0 bridgehead atoms. The molecule has 0 radical (unpaired) electrons. The Labute approximate surface area is 158 Å². The summed E-state index contributed by atoms with van der Waals surface area (Å²) < 4.78 is 5.40. The number of thiophene rings is 1. The predicted molar refractivity (Wildman–Crippen MR) is 101 cm³/mol. The maximum Gasteiger partial charge on any atom is 0.241 e. The molecular weight excluding hydrogens is 348 g/mol. The van der Waals surface area contributed by atoms with E-state index in [1.54, 1.807) is 11.3 Å². The molecule has 0 N–H and O–H groups in total. The minimum atomic E-state index is 0.184. The summed E-state index contributed by atoms with van der Waals surface area (Å²) in [5.41, 5.74) is 0. The molecule has 2 aromatic rings. The Hall–Kier alpha value is -1.73. The topological polar surface area (TPSA) is 62.5 Å². The van der Waals surface area contributed by atoms with Crippen LogP contribution in [0.3, 0.4) is 0 Å². The van der Waals surface area contributed by atoms with Crippen molar-refractivity contribution < 1.29 is 9.32 Å². The number of nitrogens with zero attached hydrogens (tertiary/aromatic N) is 4. The molecule has 140 valence electrons. The molecule has 0 aliphatic carbocycles. The van der Waals surface area contributed by atoms with Crippen molar-refractivity contribution in [2.45, 2.75) is 39.2 Å². The van der Waals surface area contributed by atoms with Crippen LogP contribution in [0.5, 0.6) is 0 Å². The summed E-state index contributed by atoms with van der Waals surface area (Å²) in [6, 6.07) is 3.98. The zero-order chi connectivity index (χ0) is 17.9. The average molecular weight is 375 g/mol. The standard InChI is InChI=1S/C19H26N4O2S/c1-14-4-10-23(11-5-14)19(24)15-6-8-22(9-7-15)13-17-20-18(21-25-17)16-3-2-12-26-16/h2-3,12,14-15H,4-11,13H2,1H3. The number of likely N-dealkylation sites (tertiary alicyclic amines) is 2. The fraction of sp³-hybridized carbons (Fsp3) is 0.632. The van der Waals surface area contributed by atoms with E-state index in [0.29, 0.717) is 24.2 Å². The third-order valence-corrected chi connectivity index (χ3v) is 6.47. The van der Waals surface area contributed by atoms with Crippen molar-refractivity contribution in [1.82, 2.24) is 19.9 Å². The van der Waals surface area contributed by atoms with E-state index in [9.17, 15) is 4.79 Å². The van der Waals surface area contributed by atoms with E-state index in [4.69, 9.17) is 4.52 Å². The Kier molecular flexibility index (Phi) is 5.36.